The number of amides is 3. The van der Waals surface area contributed by atoms with Crippen LogP contribution in [-0.2, 0) is 9.59 Å². The van der Waals surface area contributed by atoms with Gasteiger partial charge in [-0.3, -0.25) is 14.4 Å². The topological polar surface area (TPSA) is 69.7 Å². The van der Waals surface area contributed by atoms with Crippen LogP contribution in [0.15, 0.2) is 36.9 Å². The van der Waals surface area contributed by atoms with Crippen LogP contribution in [0, 0.1) is 0 Å². The van der Waals surface area contributed by atoms with E-state index in [0.29, 0.717) is 11.3 Å². The molecule has 1 aliphatic rings. The van der Waals surface area contributed by atoms with Crippen molar-refractivity contribution in [2.24, 2.45) is 0 Å². The monoisotopic (exact) mass is 315 g/mol. The minimum absolute atomic E-state index is 0.0329. The van der Waals surface area contributed by atoms with Gasteiger partial charge in [-0.15, -0.1) is 0 Å². The van der Waals surface area contributed by atoms with E-state index >= 15 is 0 Å². The number of carbonyl (C=O) groups excluding carboxylic acids is 3. The van der Waals surface area contributed by atoms with Crippen molar-refractivity contribution in [1.82, 2.24) is 9.80 Å². The minimum Gasteiger partial charge on any atom is -0.341 e. The third-order valence-corrected chi connectivity index (χ3v) is 3.74. The molecule has 3 amide bonds. The second kappa shape index (κ2) is 7.58. The Morgan fingerprint density at radius 1 is 1.30 bits per heavy atom. The number of likely N-dealkylation sites (tertiary alicyclic amines) is 1. The molecule has 0 aromatic heterocycles. The van der Waals surface area contributed by atoms with Crippen LogP contribution >= 0.6 is 0 Å². The molecule has 6 heteroatoms. The molecule has 0 radical (unpaired) electrons. The summed E-state index contributed by atoms with van der Waals surface area (Å²) in [4.78, 5) is 39.0. The van der Waals surface area contributed by atoms with Gasteiger partial charge in [0.2, 0.25) is 11.8 Å². The molecule has 1 aromatic rings. The fourth-order valence-electron chi connectivity index (χ4n) is 2.48. The Balaban J connectivity index is 2.01. The first-order valence-corrected chi connectivity index (χ1v) is 7.58. The van der Waals surface area contributed by atoms with Gasteiger partial charge < -0.3 is 15.1 Å². The summed E-state index contributed by atoms with van der Waals surface area (Å²) in [6.45, 7) is 4.98. The van der Waals surface area contributed by atoms with Gasteiger partial charge in [-0.2, -0.15) is 0 Å². The van der Waals surface area contributed by atoms with E-state index in [-0.39, 0.29) is 24.3 Å². The molecule has 2 rings (SSSR count). The minimum atomic E-state index is -0.341. The zero-order valence-corrected chi connectivity index (χ0v) is 13.2. The second-order valence-electron chi connectivity index (χ2n) is 5.52. The average Bonchev–Trinajstić information content (AvgIpc) is 3.08. The van der Waals surface area contributed by atoms with Crippen LogP contribution < -0.4 is 5.32 Å². The largest absolute Gasteiger partial charge is 0.341 e. The van der Waals surface area contributed by atoms with E-state index < -0.39 is 0 Å². The number of benzene rings is 1. The van der Waals surface area contributed by atoms with Gasteiger partial charge in [0.05, 0.1) is 6.54 Å². The van der Waals surface area contributed by atoms with Crippen LogP contribution in [0.25, 0.3) is 0 Å². The van der Waals surface area contributed by atoms with Crippen molar-refractivity contribution in [3.63, 3.8) is 0 Å². The van der Waals surface area contributed by atoms with E-state index in [2.05, 4.69) is 11.9 Å². The predicted molar refractivity (Wildman–Crippen MR) is 88.0 cm³/mol. The van der Waals surface area contributed by atoms with Crippen molar-refractivity contribution in [3.8, 4) is 0 Å². The van der Waals surface area contributed by atoms with Crippen LogP contribution in [0.2, 0.25) is 0 Å². The highest BCUT2D eigenvalue weighted by atomic mass is 16.2. The summed E-state index contributed by atoms with van der Waals surface area (Å²) in [5.41, 5.74) is 0.934. The van der Waals surface area contributed by atoms with Gasteiger partial charge in [-0.05, 0) is 37.1 Å². The SMILES string of the molecule is C=CC(=O)Nc1cccc(C(=O)N(C)CC(=O)N2CCCC2)c1. The highest BCUT2D eigenvalue weighted by Gasteiger charge is 2.21. The molecule has 1 fully saturated rings. The maximum atomic E-state index is 12.4. The molecule has 1 aromatic carbocycles. The maximum Gasteiger partial charge on any atom is 0.254 e. The molecule has 0 spiro atoms. The molecule has 23 heavy (non-hydrogen) atoms. The van der Waals surface area contributed by atoms with E-state index in [1.165, 1.54) is 4.90 Å². The lowest BCUT2D eigenvalue weighted by Crippen LogP contribution is -2.39. The molecular weight excluding hydrogens is 294 g/mol. The predicted octanol–water partition coefficient (Wildman–Crippen LogP) is 1.51. The molecule has 0 saturated carbocycles. The van der Waals surface area contributed by atoms with Gasteiger partial charge in [0.15, 0.2) is 0 Å². The number of anilines is 1. The Morgan fingerprint density at radius 2 is 2.00 bits per heavy atom. The lowest BCUT2D eigenvalue weighted by Gasteiger charge is -2.21. The zero-order valence-electron chi connectivity index (χ0n) is 13.2. The standard InChI is InChI=1S/C17H21N3O3/c1-3-15(21)18-14-8-6-7-13(11-14)17(23)19(2)12-16(22)20-9-4-5-10-20/h3,6-8,11H,1,4-5,9-10,12H2,2H3,(H,18,21). The lowest BCUT2D eigenvalue weighted by molar-refractivity contribution is -0.130. The van der Waals surface area contributed by atoms with Gasteiger partial charge in [0.1, 0.15) is 0 Å². The van der Waals surface area contributed by atoms with Gasteiger partial charge >= 0.3 is 0 Å². The van der Waals surface area contributed by atoms with Crippen molar-refractivity contribution in [3.05, 3.63) is 42.5 Å². The van der Waals surface area contributed by atoms with E-state index in [0.717, 1.165) is 32.0 Å². The van der Waals surface area contributed by atoms with Gasteiger partial charge in [-0.25, -0.2) is 0 Å². The number of likely N-dealkylation sites (N-methyl/N-ethyl adjacent to an activating group) is 1. The molecule has 0 bridgehead atoms. The average molecular weight is 315 g/mol. The smallest absolute Gasteiger partial charge is 0.254 e. The summed E-state index contributed by atoms with van der Waals surface area (Å²) >= 11 is 0. The molecule has 1 saturated heterocycles. The number of carbonyl (C=O) groups is 3. The summed E-state index contributed by atoms with van der Waals surface area (Å²) in [5.74, 6) is -0.631. The first-order valence-electron chi connectivity index (χ1n) is 7.58. The van der Waals surface area contributed by atoms with Crippen LogP contribution in [0.4, 0.5) is 5.69 Å². The Kier molecular flexibility index (Phi) is 5.51. The van der Waals surface area contributed by atoms with Crippen molar-refractivity contribution < 1.29 is 14.4 Å². The van der Waals surface area contributed by atoms with Crippen LogP contribution in [-0.4, -0.2) is 54.2 Å². The van der Waals surface area contributed by atoms with Crippen molar-refractivity contribution in [2.45, 2.75) is 12.8 Å². The number of hydrogen-bond donors (Lipinski definition) is 1. The Labute approximate surface area is 135 Å². The molecule has 0 aliphatic carbocycles. The fourth-order valence-corrected chi connectivity index (χ4v) is 2.48. The van der Waals surface area contributed by atoms with Crippen molar-refractivity contribution in [1.29, 1.82) is 0 Å². The summed E-state index contributed by atoms with van der Waals surface area (Å²) < 4.78 is 0. The van der Waals surface area contributed by atoms with E-state index in [1.807, 2.05) is 0 Å². The first-order chi connectivity index (χ1) is 11.0. The summed E-state index contributed by atoms with van der Waals surface area (Å²) in [5, 5.41) is 2.61. The maximum absolute atomic E-state index is 12.4. The van der Waals surface area contributed by atoms with E-state index in [1.54, 1.807) is 36.2 Å². The first kappa shape index (κ1) is 16.7. The molecule has 1 heterocycles. The van der Waals surface area contributed by atoms with Crippen LogP contribution in [0.3, 0.4) is 0 Å². The Morgan fingerprint density at radius 3 is 2.65 bits per heavy atom. The molecule has 0 atom stereocenters. The third kappa shape index (κ3) is 4.42. The lowest BCUT2D eigenvalue weighted by atomic mass is 10.1. The van der Waals surface area contributed by atoms with Gasteiger partial charge in [0, 0.05) is 31.4 Å². The number of nitrogens with one attached hydrogen (secondary N) is 1. The fraction of sp³-hybridized carbons (Fsp3) is 0.353. The number of hydrogen-bond acceptors (Lipinski definition) is 3. The van der Waals surface area contributed by atoms with E-state index in [4.69, 9.17) is 0 Å². The normalized spacial score (nSPS) is 13.5. The van der Waals surface area contributed by atoms with Crippen molar-refractivity contribution in [2.75, 3.05) is 32.0 Å². The third-order valence-electron chi connectivity index (χ3n) is 3.74. The zero-order chi connectivity index (χ0) is 16.8. The highest BCUT2D eigenvalue weighted by molar-refractivity contribution is 6.01. The molecule has 1 aliphatic heterocycles. The summed E-state index contributed by atoms with van der Waals surface area (Å²) in [6.07, 6.45) is 3.21. The van der Waals surface area contributed by atoms with Crippen LogP contribution in [0.5, 0.6) is 0 Å². The molecule has 122 valence electrons. The Bertz CT molecular complexity index is 621. The number of rotatable bonds is 5. The van der Waals surface area contributed by atoms with E-state index in [9.17, 15) is 14.4 Å². The quantitative estimate of drug-likeness (QED) is 0.837. The van der Waals surface area contributed by atoms with Gasteiger partial charge in [-0.1, -0.05) is 12.6 Å². The van der Waals surface area contributed by atoms with Gasteiger partial charge in [0.25, 0.3) is 5.91 Å². The van der Waals surface area contributed by atoms with Crippen LogP contribution in [0.1, 0.15) is 23.2 Å². The molecule has 6 nitrogen and oxygen atoms in total. The number of nitrogens with zero attached hydrogens (tertiary/aromatic N) is 2. The second-order valence-corrected chi connectivity index (χ2v) is 5.52. The molecule has 0 unspecified atom stereocenters. The highest BCUT2D eigenvalue weighted by Crippen LogP contribution is 2.13. The Hall–Kier alpha value is -2.63. The molecular formula is C17H21N3O3. The molecule has 1 N–H and O–H groups in total. The van der Waals surface area contributed by atoms with Crippen molar-refractivity contribution >= 4 is 23.4 Å². The summed E-state index contributed by atoms with van der Waals surface area (Å²) in [6, 6.07) is 6.61. The summed E-state index contributed by atoms with van der Waals surface area (Å²) in [7, 11) is 1.60.